The van der Waals surface area contributed by atoms with Crippen molar-refractivity contribution in [3.63, 3.8) is 0 Å². The fourth-order valence-corrected chi connectivity index (χ4v) is 1.40. The minimum Gasteiger partial charge on any atom is -0.469 e. The first-order chi connectivity index (χ1) is 8.67. The molecule has 0 aromatic carbocycles. The molecule has 1 amide bonds. The molecule has 0 saturated carbocycles. The topological polar surface area (TPSA) is 59.8 Å². The number of rotatable bonds is 6. The number of furan rings is 1. The fraction of sp³-hybridized carbons (Fsp3) is 0.385. The van der Waals surface area contributed by atoms with Crippen molar-refractivity contribution in [1.29, 1.82) is 0 Å². The van der Waals surface area contributed by atoms with E-state index in [1.54, 1.807) is 29.4 Å². The van der Waals surface area contributed by atoms with Crippen molar-refractivity contribution in [2.24, 2.45) is 0 Å². The second-order valence-corrected chi connectivity index (χ2v) is 3.59. The standard InChI is InChI=1S/C13H17NO4/c1-3-14(9-8-13(16)17-2)12(15)7-6-11-5-4-10-18-11/h4-7,10H,3,8-9H2,1-2H3/b7-6+. The molecule has 0 atom stereocenters. The summed E-state index contributed by atoms with van der Waals surface area (Å²) in [6, 6.07) is 3.51. The van der Waals surface area contributed by atoms with Crippen LogP contribution in [0.25, 0.3) is 6.08 Å². The van der Waals surface area contributed by atoms with Gasteiger partial charge in [0, 0.05) is 19.2 Å². The van der Waals surface area contributed by atoms with Crippen molar-refractivity contribution in [2.75, 3.05) is 20.2 Å². The zero-order valence-electron chi connectivity index (χ0n) is 10.6. The minimum absolute atomic E-state index is 0.155. The number of carbonyl (C=O) groups is 2. The molecule has 5 nitrogen and oxygen atoms in total. The Kier molecular flexibility index (Phi) is 5.70. The highest BCUT2D eigenvalue weighted by Gasteiger charge is 2.10. The summed E-state index contributed by atoms with van der Waals surface area (Å²) >= 11 is 0. The van der Waals surface area contributed by atoms with E-state index >= 15 is 0 Å². The van der Waals surface area contributed by atoms with Crippen LogP contribution in [0, 0.1) is 0 Å². The number of ether oxygens (including phenoxy) is 1. The summed E-state index contributed by atoms with van der Waals surface area (Å²) in [6.07, 6.45) is 4.77. The van der Waals surface area contributed by atoms with Crippen LogP contribution >= 0.6 is 0 Å². The first kappa shape index (κ1) is 14.0. The SMILES string of the molecule is CCN(CCC(=O)OC)C(=O)/C=C/c1ccco1. The Bertz CT molecular complexity index is 409. The Labute approximate surface area is 106 Å². The molecule has 18 heavy (non-hydrogen) atoms. The quantitative estimate of drug-likeness (QED) is 0.570. The highest BCUT2D eigenvalue weighted by molar-refractivity contribution is 5.91. The minimum atomic E-state index is -0.323. The van der Waals surface area contributed by atoms with Gasteiger partial charge in [-0.05, 0) is 25.1 Å². The summed E-state index contributed by atoms with van der Waals surface area (Å²) in [5.74, 6) is 0.140. The normalized spacial score (nSPS) is 10.6. The summed E-state index contributed by atoms with van der Waals surface area (Å²) < 4.78 is 9.62. The van der Waals surface area contributed by atoms with Crippen molar-refractivity contribution in [3.05, 3.63) is 30.2 Å². The lowest BCUT2D eigenvalue weighted by molar-refractivity contribution is -0.141. The Hall–Kier alpha value is -2.04. The summed E-state index contributed by atoms with van der Waals surface area (Å²) in [5.41, 5.74) is 0. The molecule has 0 saturated heterocycles. The molecule has 1 rings (SSSR count). The van der Waals surface area contributed by atoms with Gasteiger partial charge in [0.2, 0.25) is 5.91 Å². The van der Waals surface area contributed by atoms with E-state index in [-0.39, 0.29) is 18.3 Å². The molecular weight excluding hydrogens is 234 g/mol. The van der Waals surface area contributed by atoms with E-state index < -0.39 is 0 Å². The van der Waals surface area contributed by atoms with E-state index in [9.17, 15) is 9.59 Å². The maximum absolute atomic E-state index is 11.8. The molecule has 0 unspecified atom stereocenters. The van der Waals surface area contributed by atoms with Crippen LogP contribution in [0.1, 0.15) is 19.1 Å². The van der Waals surface area contributed by atoms with Gasteiger partial charge in [-0.3, -0.25) is 9.59 Å². The molecule has 0 bridgehead atoms. The van der Waals surface area contributed by atoms with Gasteiger partial charge in [0.25, 0.3) is 0 Å². The third-order valence-electron chi connectivity index (χ3n) is 2.44. The number of amides is 1. The van der Waals surface area contributed by atoms with Gasteiger partial charge in [-0.25, -0.2) is 0 Å². The van der Waals surface area contributed by atoms with Crippen LogP contribution in [0.2, 0.25) is 0 Å². The van der Waals surface area contributed by atoms with Gasteiger partial charge in [0.05, 0.1) is 19.8 Å². The van der Waals surface area contributed by atoms with E-state index in [0.29, 0.717) is 18.8 Å². The summed E-state index contributed by atoms with van der Waals surface area (Å²) in [6.45, 7) is 2.75. The van der Waals surface area contributed by atoms with Crippen LogP contribution in [0.5, 0.6) is 0 Å². The zero-order chi connectivity index (χ0) is 13.4. The molecule has 1 heterocycles. The van der Waals surface area contributed by atoms with Crippen LogP contribution in [0.3, 0.4) is 0 Å². The third-order valence-corrected chi connectivity index (χ3v) is 2.44. The second-order valence-electron chi connectivity index (χ2n) is 3.59. The second kappa shape index (κ2) is 7.32. The molecule has 0 spiro atoms. The first-order valence-electron chi connectivity index (χ1n) is 5.74. The Morgan fingerprint density at radius 2 is 2.28 bits per heavy atom. The van der Waals surface area contributed by atoms with Gasteiger partial charge in [0.1, 0.15) is 5.76 Å². The number of hydrogen-bond acceptors (Lipinski definition) is 4. The molecule has 0 radical (unpaired) electrons. The Morgan fingerprint density at radius 1 is 1.50 bits per heavy atom. The number of carbonyl (C=O) groups excluding carboxylic acids is 2. The van der Waals surface area contributed by atoms with Crippen LogP contribution < -0.4 is 0 Å². The fourth-order valence-electron chi connectivity index (χ4n) is 1.40. The van der Waals surface area contributed by atoms with E-state index in [2.05, 4.69) is 4.74 Å². The lowest BCUT2D eigenvalue weighted by Crippen LogP contribution is -2.31. The molecule has 0 aliphatic rings. The average Bonchev–Trinajstić information content (AvgIpc) is 2.89. The maximum atomic E-state index is 11.8. The molecule has 1 aromatic rings. The van der Waals surface area contributed by atoms with E-state index in [1.807, 2.05) is 6.92 Å². The van der Waals surface area contributed by atoms with Crippen molar-refractivity contribution in [2.45, 2.75) is 13.3 Å². The largest absolute Gasteiger partial charge is 0.469 e. The number of esters is 1. The van der Waals surface area contributed by atoms with E-state index in [0.717, 1.165) is 0 Å². The molecule has 5 heteroatoms. The number of hydrogen-bond donors (Lipinski definition) is 0. The molecule has 98 valence electrons. The molecule has 0 aliphatic carbocycles. The van der Waals surface area contributed by atoms with Crippen LogP contribution in [0.4, 0.5) is 0 Å². The number of nitrogens with zero attached hydrogens (tertiary/aromatic N) is 1. The van der Waals surface area contributed by atoms with Crippen LogP contribution in [-0.4, -0.2) is 37.0 Å². The Morgan fingerprint density at radius 3 is 2.83 bits per heavy atom. The van der Waals surface area contributed by atoms with Crippen molar-refractivity contribution in [1.82, 2.24) is 4.90 Å². The van der Waals surface area contributed by atoms with Gasteiger partial charge < -0.3 is 14.1 Å². The summed E-state index contributed by atoms with van der Waals surface area (Å²) in [7, 11) is 1.33. The average molecular weight is 251 g/mol. The predicted octanol–water partition coefficient (Wildman–Crippen LogP) is 1.70. The molecule has 1 aromatic heterocycles. The van der Waals surface area contributed by atoms with Gasteiger partial charge in [-0.15, -0.1) is 0 Å². The summed E-state index contributed by atoms with van der Waals surface area (Å²) in [4.78, 5) is 24.4. The van der Waals surface area contributed by atoms with Gasteiger partial charge in [0.15, 0.2) is 0 Å². The zero-order valence-corrected chi connectivity index (χ0v) is 10.6. The predicted molar refractivity (Wildman–Crippen MR) is 66.6 cm³/mol. The maximum Gasteiger partial charge on any atom is 0.307 e. The van der Waals surface area contributed by atoms with Crippen molar-refractivity contribution in [3.8, 4) is 0 Å². The highest BCUT2D eigenvalue weighted by atomic mass is 16.5. The monoisotopic (exact) mass is 251 g/mol. The lowest BCUT2D eigenvalue weighted by atomic mass is 10.3. The highest BCUT2D eigenvalue weighted by Crippen LogP contribution is 2.03. The van der Waals surface area contributed by atoms with Crippen molar-refractivity contribution < 1.29 is 18.7 Å². The summed E-state index contributed by atoms with van der Waals surface area (Å²) in [5, 5.41) is 0. The smallest absolute Gasteiger partial charge is 0.307 e. The van der Waals surface area contributed by atoms with Crippen molar-refractivity contribution >= 4 is 18.0 Å². The number of methoxy groups -OCH3 is 1. The van der Waals surface area contributed by atoms with Gasteiger partial charge >= 0.3 is 5.97 Å². The first-order valence-corrected chi connectivity index (χ1v) is 5.74. The number of likely N-dealkylation sites (N-methyl/N-ethyl adjacent to an activating group) is 1. The third kappa shape index (κ3) is 4.45. The molecule has 0 N–H and O–H groups in total. The molecule has 0 aliphatic heterocycles. The molecule has 0 fully saturated rings. The van der Waals surface area contributed by atoms with Gasteiger partial charge in [-0.1, -0.05) is 0 Å². The van der Waals surface area contributed by atoms with Crippen LogP contribution in [-0.2, 0) is 14.3 Å². The van der Waals surface area contributed by atoms with E-state index in [4.69, 9.17) is 4.42 Å². The Balaban J connectivity index is 2.49. The molecular formula is C13H17NO4. The van der Waals surface area contributed by atoms with Gasteiger partial charge in [-0.2, -0.15) is 0 Å². The lowest BCUT2D eigenvalue weighted by Gasteiger charge is -2.18. The van der Waals surface area contributed by atoms with Crippen LogP contribution in [0.15, 0.2) is 28.9 Å². The van der Waals surface area contributed by atoms with E-state index in [1.165, 1.54) is 13.2 Å².